The van der Waals surface area contributed by atoms with Gasteiger partial charge >= 0.3 is 0 Å². The number of hydrogen-bond acceptors (Lipinski definition) is 4. The lowest BCUT2D eigenvalue weighted by atomic mass is 10.1. The minimum Gasteiger partial charge on any atom is -0.496 e. The third-order valence-electron chi connectivity index (χ3n) is 1.82. The zero-order valence-electron chi connectivity index (χ0n) is 7.73. The molecule has 0 bridgehead atoms. The summed E-state index contributed by atoms with van der Waals surface area (Å²) in [5, 5.41) is -0.615. The SMILES string of the molecule is COc1ccccc1C(S)C(=O)NN. The summed E-state index contributed by atoms with van der Waals surface area (Å²) in [5.74, 6) is 5.27. The number of nitrogens with two attached hydrogens (primary N) is 1. The van der Waals surface area contributed by atoms with E-state index in [2.05, 4.69) is 12.6 Å². The van der Waals surface area contributed by atoms with Crippen molar-refractivity contribution >= 4 is 18.5 Å². The van der Waals surface area contributed by atoms with E-state index in [4.69, 9.17) is 10.6 Å². The first-order valence-electron chi connectivity index (χ1n) is 4.02. The number of amides is 1. The van der Waals surface area contributed by atoms with Crippen molar-refractivity contribution in [3.63, 3.8) is 0 Å². The number of benzene rings is 1. The van der Waals surface area contributed by atoms with E-state index >= 15 is 0 Å². The summed E-state index contributed by atoms with van der Waals surface area (Å²) in [5.41, 5.74) is 2.74. The minimum absolute atomic E-state index is 0.363. The Morgan fingerprint density at radius 1 is 1.57 bits per heavy atom. The highest BCUT2D eigenvalue weighted by atomic mass is 32.1. The number of carbonyl (C=O) groups is 1. The van der Waals surface area contributed by atoms with Crippen LogP contribution in [-0.4, -0.2) is 13.0 Å². The zero-order chi connectivity index (χ0) is 10.6. The first-order chi connectivity index (χ1) is 6.70. The van der Waals surface area contributed by atoms with Gasteiger partial charge in [-0.3, -0.25) is 10.2 Å². The van der Waals surface area contributed by atoms with Gasteiger partial charge in [-0.05, 0) is 6.07 Å². The van der Waals surface area contributed by atoms with E-state index in [0.29, 0.717) is 11.3 Å². The van der Waals surface area contributed by atoms with Gasteiger partial charge in [0.15, 0.2) is 0 Å². The van der Waals surface area contributed by atoms with Crippen molar-refractivity contribution in [3.05, 3.63) is 29.8 Å². The minimum atomic E-state index is -0.615. The van der Waals surface area contributed by atoms with E-state index < -0.39 is 5.25 Å². The number of rotatable bonds is 3. The van der Waals surface area contributed by atoms with Crippen molar-refractivity contribution in [1.29, 1.82) is 0 Å². The molecule has 0 fully saturated rings. The fraction of sp³-hybridized carbons (Fsp3) is 0.222. The Bertz CT molecular complexity index is 330. The van der Waals surface area contributed by atoms with Crippen molar-refractivity contribution in [2.75, 3.05) is 7.11 Å². The molecule has 0 saturated heterocycles. The third-order valence-corrected chi connectivity index (χ3v) is 2.34. The molecule has 1 atom stereocenters. The number of hydrogen-bond donors (Lipinski definition) is 3. The Kier molecular flexibility index (Phi) is 3.79. The van der Waals surface area contributed by atoms with Crippen molar-refractivity contribution in [1.82, 2.24) is 5.43 Å². The van der Waals surface area contributed by atoms with E-state index in [9.17, 15) is 4.79 Å². The molecule has 3 N–H and O–H groups in total. The highest BCUT2D eigenvalue weighted by Crippen LogP contribution is 2.28. The Morgan fingerprint density at radius 2 is 2.21 bits per heavy atom. The number of para-hydroxylation sites is 1. The second-order valence-electron chi connectivity index (χ2n) is 2.65. The number of thiol groups is 1. The van der Waals surface area contributed by atoms with Crippen molar-refractivity contribution in [3.8, 4) is 5.75 Å². The largest absolute Gasteiger partial charge is 0.496 e. The second kappa shape index (κ2) is 4.88. The molecule has 0 heterocycles. The van der Waals surface area contributed by atoms with Gasteiger partial charge in [-0.2, -0.15) is 12.6 Å². The number of hydrazine groups is 1. The average Bonchev–Trinajstić information content (AvgIpc) is 2.26. The quantitative estimate of drug-likeness (QED) is 0.298. The van der Waals surface area contributed by atoms with Crippen LogP contribution in [0.5, 0.6) is 5.75 Å². The lowest BCUT2D eigenvalue weighted by Gasteiger charge is -2.12. The van der Waals surface area contributed by atoms with Gasteiger partial charge in [0.25, 0.3) is 5.91 Å². The molecule has 5 heteroatoms. The summed E-state index contributed by atoms with van der Waals surface area (Å²) in [7, 11) is 1.54. The first kappa shape index (κ1) is 10.9. The molecule has 76 valence electrons. The van der Waals surface area contributed by atoms with Crippen LogP contribution in [0, 0.1) is 0 Å². The molecule has 0 spiro atoms. The van der Waals surface area contributed by atoms with Gasteiger partial charge in [-0.25, -0.2) is 5.84 Å². The van der Waals surface area contributed by atoms with Gasteiger partial charge in [0, 0.05) is 5.56 Å². The zero-order valence-corrected chi connectivity index (χ0v) is 8.62. The Labute approximate surface area is 87.8 Å². The predicted octanol–water partition coefficient (Wildman–Crippen LogP) is 0.656. The fourth-order valence-corrected chi connectivity index (χ4v) is 1.40. The molecule has 1 rings (SSSR count). The Morgan fingerprint density at radius 3 is 2.79 bits per heavy atom. The van der Waals surface area contributed by atoms with Crippen LogP contribution < -0.4 is 16.0 Å². The molecule has 1 aromatic rings. The maximum Gasteiger partial charge on any atom is 0.251 e. The van der Waals surface area contributed by atoms with Crippen LogP contribution in [0.4, 0.5) is 0 Å². The highest BCUT2D eigenvalue weighted by molar-refractivity contribution is 7.81. The standard InChI is InChI=1S/C9H12N2O2S/c1-13-7-5-3-2-4-6(7)8(14)9(12)11-10/h2-5,8,14H,10H2,1H3,(H,11,12). The molecular weight excluding hydrogens is 200 g/mol. The summed E-state index contributed by atoms with van der Waals surface area (Å²) in [6, 6.07) is 7.17. The van der Waals surface area contributed by atoms with Crippen LogP contribution in [0.3, 0.4) is 0 Å². The van der Waals surface area contributed by atoms with Crippen LogP contribution in [0.25, 0.3) is 0 Å². The molecular formula is C9H12N2O2S. The highest BCUT2D eigenvalue weighted by Gasteiger charge is 2.18. The molecule has 1 aromatic carbocycles. The summed E-state index contributed by atoms with van der Waals surface area (Å²) >= 11 is 4.15. The molecule has 0 radical (unpaired) electrons. The van der Waals surface area contributed by atoms with E-state index in [0.717, 1.165) is 0 Å². The predicted molar refractivity (Wildman–Crippen MR) is 57.1 cm³/mol. The van der Waals surface area contributed by atoms with Gasteiger partial charge < -0.3 is 4.74 Å². The summed E-state index contributed by atoms with van der Waals surface area (Å²) < 4.78 is 5.09. The van der Waals surface area contributed by atoms with E-state index in [1.807, 2.05) is 17.6 Å². The van der Waals surface area contributed by atoms with Crippen molar-refractivity contribution in [2.24, 2.45) is 5.84 Å². The first-order valence-corrected chi connectivity index (χ1v) is 4.53. The molecule has 0 aliphatic heterocycles. The molecule has 0 aliphatic carbocycles. The van der Waals surface area contributed by atoms with Gasteiger partial charge in [0.05, 0.1) is 7.11 Å². The number of carbonyl (C=O) groups excluding carboxylic acids is 1. The third kappa shape index (κ3) is 2.18. The van der Waals surface area contributed by atoms with E-state index in [1.165, 1.54) is 0 Å². The van der Waals surface area contributed by atoms with Crippen LogP contribution >= 0.6 is 12.6 Å². The maximum atomic E-state index is 11.2. The van der Waals surface area contributed by atoms with E-state index in [1.54, 1.807) is 19.2 Å². The lowest BCUT2D eigenvalue weighted by molar-refractivity contribution is -0.120. The van der Waals surface area contributed by atoms with Gasteiger partial charge in [0.1, 0.15) is 11.0 Å². The normalized spacial score (nSPS) is 11.9. The summed E-state index contributed by atoms with van der Waals surface area (Å²) in [6.45, 7) is 0. The van der Waals surface area contributed by atoms with Gasteiger partial charge in [-0.15, -0.1) is 0 Å². The van der Waals surface area contributed by atoms with Gasteiger partial charge in [-0.1, -0.05) is 18.2 Å². The fourth-order valence-electron chi connectivity index (χ4n) is 1.11. The Balaban J connectivity index is 2.99. The monoisotopic (exact) mass is 212 g/mol. The number of nitrogens with one attached hydrogen (secondary N) is 1. The van der Waals surface area contributed by atoms with Crippen molar-refractivity contribution < 1.29 is 9.53 Å². The number of methoxy groups -OCH3 is 1. The number of ether oxygens (including phenoxy) is 1. The topological polar surface area (TPSA) is 64.3 Å². The lowest BCUT2D eigenvalue weighted by Crippen LogP contribution is -2.33. The maximum absolute atomic E-state index is 11.2. The van der Waals surface area contributed by atoms with Crippen LogP contribution in [0.15, 0.2) is 24.3 Å². The molecule has 1 amide bonds. The van der Waals surface area contributed by atoms with Crippen LogP contribution in [-0.2, 0) is 4.79 Å². The van der Waals surface area contributed by atoms with Crippen LogP contribution in [0.1, 0.15) is 10.8 Å². The van der Waals surface area contributed by atoms with E-state index in [-0.39, 0.29) is 5.91 Å². The molecule has 4 nitrogen and oxygen atoms in total. The van der Waals surface area contributed by atoms with Crippen LogP contribution in [0.2, 0.25) is 0 Å². The summed E-state index contributed by atoms with van der Waals surface area (Å²) in [4.78, 5) is 11.2. The molecule has 1 unspecified atom stereocenters. The second-order valence-corrected chi connectivity index (χ2v) is 3.17. The Hall–Kier alpha value is -1.20. The van der Waals surface area contributed by atoms with Crippen molar-refractivity contribution in [2.45, 2.75) is 5.25 Å². The van der Waals surface area contributed by atoms with Gasteiger partial charge in [0.2, 0.25) is 0 Å². The average molecular weight is 212 g/mol. The molecule has 14 heavy (non-hydrogen) atoms. The summed E-state index contributed by atoms with van der Waals surface area (Å²) in [6.07, 6.45) is 0. The molecule has 0 aliphatic rings. The molecule has 0 saturated carbocycles. The molecule has 0 aromatic heterocycles. The smallest absolute Gasteiger partial charge is 0.251 e.